The normalized spacial score (nSPS) is 13.3. The highest BCUT2D eigenvalue weighted by Gasteiger charge is 2.27. The second kappa shape index (κ2) is 7.65. The van der Waals surface area contributed by atoms with Crippen LogP contribution in [-0.2, 0) is 6.42 Å². The number of halogens is 3. The van der Waals surface area contributed by atoms with Gasteiger partial charge in [-0.2, -0.15) is 13.2 Å². The zero-order valence-corrected chi connectivity index (χ0v) is 11.6. The largest absolute Gasteiger partial charge is 0.497 e. The Morgan fingerprint density at radius 3 is 2.68 bits per heavy atom. The summed E-state index contributed by atoms with van der Waals surface area (Å²) in [6, 6.07) is 7.52. The van der Waals surface area contributed by atoms with Crippen molar-refractivity contribution < 1.29 is 17.9 Å². The molecule has 0 fully saturated rings. The molecule has 1 atom stereocenters. The van der Waals surface area contributed by atoms with Crippen LogP contribution in [-0.4, -0.2) is 24.9 Å². The molecular formula is C13H18F3NOS. The molecule has 19 heavy (non-hydrogen) atoms. The molecule has 108 valence electrons. The van der Waals surface area contributed by atoms with Gasteiger partial charge in [-0.05, 0) is 43.0 Å². The summed E-state index contributed by atoms with van der Waals surface area (Å²) in [4.78, 5) is 0. The molecule has 0 aliphatic carbocycles. The van der Waals surface area contributed by atoms with Gasteiger partial charge in [0.1, 0.15) is 5.75 Å². The molecule has 0 radical (unpaired) electrons. The number of methoxy groups -OCH3 is 1. The summed E-state index contributed by atoms with van der Waals surface area (Å²) in [6.07, 6.45) is 1.13. The maximum atomic E-state index is 12.1. The molecule has 1 aromatic rings. The van der Waals surface area contributed by atoms with E-state index in [1.807, 2.05) is 24.3 Å². The van der Waals surface area contributed by atoms with Crippen molar-refractivity contribution in [3.8, 4) is 5.75 Å². The first kappa shape index (κ1) is 16.2. The van der Waals surface area contributed by atoms with Crippen LogP contribution in [0.1, 0.15) is 12.0 Å². The number of nitrogens with two attached hydrogens (primary N) is 1. The first-order valence-electron chi connectivity index (χ1n) is 5.98. The lowest BCUT2D eigenvalue weighted by Gasteiger charge is -2.15. The minimum atomic E-state index is -4.16. The summed E-state index contributed by atoms with van der Waals surface area (Å²) < 4.78 is 41.3. The molecule has 0 aromatic heterocycles. The number of alkyl halides is 3. The smallest absolute Gasteiger partial charge is 0.441 e. The van der Waals surface area contributed by atoms with E-state index >= 15 is 0 Å². The minimum absolute atomic E-state index is 0.0152. The van der Waals surface area contributed by atoms with E-state index in [1.165, 1.54) is 0 Å². The standard InChI is InChI=1S/C13H18F3NOS/c1-18-12-4-2-3-10(8-12)7-11(9-17)5-6-19-13(14,15)16/h2-4,8,11H,5-7,9,17H2,1H3. The molecule has 0 aliphatic heterocycles. The van der Waals surface area contributed by atoms with Crippen LogP contribution >= 0.6 is 11.8 Å². The molecule has 1 aromatic carbocycles. The molecule has 1 rings (SSSR count). The van der Waals surface area contributed by atoms with E-state index < -0.39 is 5.51 Å². The van der Waals surface area contributed by atoms with E-state index in [0.29, 0.717) is 19.4 Å². The van der Waals surface area contributed by atoms with Crippen LogP contribution in [0.25, 0.3) is 0 Å². The topological polar surface area (TPSA) is 35.2 Å². The fourth-order valence-electron chi connectivity index (χ4n) is 1.78. The molecule has 0 aliphatic rings. The van der Waals surface area contributed by atoms with Gasteiger partial charge in [0.25, 0.3) is 0 Å². The Kier molecular flexibility index (Phi) is 6.51. The van der Waals surface area contributed by atoms with E-state index in [-0.39, 0.29) is 23.4 Å². The SMILES string of the molecule is COc1cccc(CC(CN)CCSC(F)(F)F)c1. The molecule has 0 saturated heterocycles. The second-order valence-corrected chi connectivity index (χ2v) is 5.40. The Bertz CT molecular complexity index is 384. The van der Waals surface area contributed by atoms with E-state index in [4.69, 9.17) is 10.5 Å². The van der Waals surface area contributed by atoms with E-state index in [9.17, 15) is 13.2 Å². The van der Waals surface area contributed by atoms with Gasteiger partial charge in [0.15, 0.2) is 0 Å². The first-order chi connectivity index (χ1) is 8.94. The second-order valence-electron chi connectivity index (χ2n) is 4.24. The van der Waals surface area contributed by atoms with Gasteiger partial charge in [-0.1, -0.05) is 23.9 Å². The molecule has 2 N–H and O–H groups in total. The van der Waals surface area contributed by atoms with Crippen LogP contribution in [0, 0.1) is 5.92 Å². The molecule has 0 heterocycles. The van der Waals surface area contributed by atoms with Gasteiger partial charge in [0.2, 0.25) is 0 Å². The Hall–Kier alpha value is -0.880. The predicted octanol–water partition coefficient (Wildman–Crippen LogP) is 3.46. The Labute approximate surface area is 115 Å². The third-order valence-corrected chi connectivity index (χ3v) is 3.55. The van der Waals surface area contributed by atoms with Crippen LogP contribution < -0.4 is 10.5 Å². The average molecular weight is 293 g/mol. The number of ether oxygens (including phenoxy) is 1. The van der Waals surface area contributed by atoms with E-state index in [2.05, 4.69) is 0 Å². The fraction of sp³-hybridized carbons (Fsp3) is 0.538. The van der Waals surface area contributed by atoms with E-state index in [1.54, 1.807) is 7.11 Å². The number of rotatable bonds is 7. The number of benzene rings is 1. The summed E-state index contributed by atoms with van der Waals surface area (Å²) >= 11 is 0.0152. The number of thioether (sulfide) groups is 1. The van der Waals surface area contributed by atoms with Gasteiger partial charge in [0, 0.05) is 5.75 Å². The molecule has 0 saturated carbocycles. The molecule has 6 heteroatoms. The summed E-state index contributed by atoms with van der Waals surface area (Å²) in [5, 5.41) is 0. The molecule has 0 amide bonds. The average Bonchev–Trinajstić information content (AvgIpc) is 2.36. The maximum absolute atomic E-state index is 12.1. The molecular weight excluding hydrogens is 275 g/mol. The van der Waals surface area contributed by atoms with Crippen molar-refractivity contribution in [1.29, 1.82) is 0 Å². The van der Waals surface area contributed by atoms with Crippen molar-refractivity contribution in [2.45, 2.75) is 18.3 Å². The molecule has 0 bridgehead atoms. The monoisotopic (exact) mass is 293 g/mol. The highest BCUT2D eigenvalue weighted by molar-refractivity contribution is 8.00. The van der Waals surface area contributed by atoms with Crippen molar-refractivity contribution in [3.05, 3.63) is 29.8 Å². The van der Waals surface area contributed by atoms with Crippen LogP contribution in [0.2, 0.25) is 0 Å². The molecule has 1 unspecified atom stereocenters. The third kappa shape index (κ3) is 6.73. The maximum Gasteiger partial charge on any atom is 0.441 e. The van der Waals surface area contributed by atoms with Crippen LogP contribution in [0.3, 0.4) is 0 Å². The molecule has 2 nitrogen and oxygen atoms in total. The summed E-state index contributed by atoms with van der Waals surface area (Å²) in [6.45, 7) is 0.385. The van der Waals surface area contributed by atoms with Crippen LogP contribution in [0.15, 0.2) is 24.3 Å². The van der Waals surface area contributed by atoms with Gasteiger partial charge in [-0.3, -0.25) is 0 Å². The van der Waals surface area contributed by atoms with Gasteiger partial charge in [-0.15, -0.1) is 0 Å². The third-order valence-electron chi connectivity index (χ3n) is 2.78. The summed E-state index contributed by atoms with van der Waals surface area (Å²) in [5.41, 5.74) is 2.50. The Morgan fingerprint density at radius 1 is 1.37 bits per heavy atom. The van der Waals surface area contributed by atoms with Gasteiger partial charge in [-0.25, -0.2) is 0 Å². The fourth-order valence-corrected chi connectivity index (χ4v) is 2.46. The minimum Gasteiger partial charge on any atom is -0.497 e. The zero-order valence-electron chi connectivity index (χ0n) is 10.7. The van der Waals surface area contributed by atoms with Gasteiger partial charge < -0.3 is 10.5 Å². The summed E-state index contributed by atoms with van der Waals surface area (Å²) in [7, 11) is 1.58. The van der Waals surface area contributed by atoms with E-state index in [0.717, 1.165) is 11.3 Å². The van der Waals surface area contributed by atoms with Crippen molar-refractivity contribution in [2.24, 2.45) is 11.7 Å². The van der Waals surface area contributed by atoms with Crippen LogP contribution in [0.5, 0.6) is 5.75 Å². The van der Waals surface area contributed by atoms with Crippen molar-refractivity contribution in [3.63, 3.8) is 0 Å². The lowest BCUT2D eigenvalue weighted by Crippen LogP contribution is -2.18. The Balaban J connectivity index is 2.47. The predicted molar refractivity (Wildman–Crippen MR) is 72.4 cm³/mol. The highest BCUT2D eigenvalue weighted by Crippen LogP contribution is 2.31. The number of hydrogen-bond acceptors (Lipinski definition) is 3. The quantitative estimate of drug-likeness (QED) is 0.836. The number of hydrogen-bond donors (Lipinski definition) is 1. The molecule has 0 spiro atoms. The lowest BCUT2D eigenvalue weighted by atomic mass is 9.97. The first-order valence-corrected chi connectivity index (χ1v) is 6.97. The van der Waals surface area contributed by atoms with Crippen LogP contribution in [0.4, 0.5) is 13.2 Å². The van der Waals surface area contributed by atoms with Gasteiger partial charge >= 0.3 is 5.51 Å². The van der Waals surface area contributed by atoms with Crippen molar-refractivity contribution >= 4 is 11.8 Å². The van der Waals surface area contributed by atoms with Crippen molar-refractivity contribution in [1.82, 2.24) is 0 Å². The summed E-state index contributed by atoms with van der Waals surface area (Å²) in [5.74, 6) is 0.856. The Morgan fingerprint density at radius 2 is 2.11 bits per heavy atom. The van der Waals surface area contributed by atoms with Gasteiger partial charge in [0.05, 0.1) is 7.11 Å². The van der Waals surface area contributed by atoms with Crippen molar-refractivity contribution in [2.75, 3.05) is 19.4 Å². The zero-order chi connectivity index (χ0) is 14.3. The highest BCUT2D eigenvalue weighted by atomic mass is 32.2. The lowest BCUT2D eigenvalue weighted by molar-refractivity contribution is -0.0328.